The average Bonchev–Trinajstić information content (AvgIpc) is 3.79. The van der Waals surface area contributed by atoms with E-state index in [4.69, 9.17) is 9.97 Å². The molecular formula is C52H34N4. The molecule has 4 nitrogen and oxygen atoms in total. The molecule has 0 aliphatic carbocycles. The van der Waals surface area contributed by atoms with Crippen LogP contribution in [-0.4, -0.2) is 19.1 Å². The smallest absolute Gasteiger partial charge is 0.162 e. The van der Waals surface area contributed by atoms with E-state index in [0.29, 0.717) is 5.82 Å². The number of para-hydroxylation sites is 2. The van der Waals surface area contributed by atoms with Gasteiger partial charge in [-0.25, -0.2) is 9.97 Å². The summed E-state index contributed by atoms with van der Waals surface area (Å²) in [5, 5.41) is 4.64. The number of benzene rings is 8. The molecule has 3 aromatic heterocycles. The van der Waals surface area contributed by atoms with Crippen molar-refractivity contribution in [3.63, 3.8) is 0 Å². The van der Waals surface area contributed by atoms with E-state index in [1.165, 1.54) is 32.9 Å². The molecule has 0 radical (unpaired) electrons. The van der Waals surface area contributed by atoms with Crippen molar-refractivity contribution in [1.82, 2.24) is 19.1 Å². The molecule has 0 bridgehead atoms. The Morgan fingerprint density at radius 3 is 1.46 bits per heavy atom. The lowest BCUT2D eigenvalue weighted by atomic mass is 10.0. The Balaban J connectivity index is 1.09. The van der Waals surface area contributed by atoms with Crippen molar-refractivity contribution >= 4 is 43.7 Å². The zero-order chi connectivity index (χ0) is 37.0. The summed E-state index contributed by atoms with van der Waals surface area (Å²) >= 11 is 0. The van der Waals surface area contributed by atoms with Crippen LogP contribution >= 0.6 is 0 Å². The molecule has 0 saturated heterocycles. The first-order valence-electron chi connectivity index (χ1n) is 19.0. The van der Waals surface area contributed by atoms with Gasteiger partial charge < -0.3 is 4.57 Å². The third kappa shape index (κ3) is 5.23. The summed E-state index contributed by atoms with van der Waals surface area (Å²) in [6, 6.07) is 73.2. The molecule has 11 aromatic rings. The van der Waals surface area contributed by atoms with Crippen molar-refractivity contribution in [2.45, 2.75) is 0 Å². The Bertz CT molecular complexity index is 3200. The minimum absolute atomic E-state index is 0.703. The lowest BCUT2D eigenvalue weighted by molar-refractivity contribution is 1.11. The highest BCUT2D eigenvalue weighted by molar-refractivity contribution is 6.15. The molecule has 0 spiro atoms. The highest BCUT2D eigenvalue weighted by Crippen LogP contribution is 2.41. The lowest BCUT2D eigenvalue weighted by Crippen LogP contribution is -1.99. The minimum Gasteiger partial charge on any atom is -0.309 e. The standard InChI is InChI=1S/C52H34N4/c1-5-15-35(16-6-1)39-27-31-47-44(33-39)43-23-13-14-24-46(43)55(47)42-29-25-36(26-30-42)40-28-32-48-45(34-40)49-50(37-17-7-2-8-18-37)53-51(38-19-9-3-10-20-38)54-52(49)56(48)41-21-11-4-12-22-41/h1-34H. The van der Waals surface area contributed by atoms with Crippen LogP contribution in [-0.2, 0) is 0 Å². The maximum atomic E-state index is 5.31. The summed E-state index contributed by atoms with van der Waals surface area (Å²) in [6.45, 7) is 0. The quantitative estimate of drug-likeness (QED) is 0.172. The van der Waals surface area contributed by atoms with Crippen LogP contribution in [0, 0.1) is 0 Å². The van der Waals surface area contributed by atoms with Gasteiger partial charge in [-0.05, 0) is 76.9 Å². The predicted octanol–water partition coefficient (Wildman–Crippen LogP) is 13.3. The van der Waals surface area contributed by atoms with E-state index >= 15 is 0 Å². The first-order chi connectivity index (χ1) is 27.8. The number of aromatic nitrogens is 4. The molecule has 0 fully saturated rings. The van der Waals surface area contributed by atoms with Gasteiger partial charge in [-0.1, -0.05) is 152 Å². The second-order valence-corrected chi connectivity index (χ2v) is 14.2. The van der Waals surface area contributed by atoms with Gasteiger partial charge in [0.2, 0.25) is 0 Å². The molecule has 11 rings (SSSR count). The number of fused-ring (bicyclic) bond motifs is 6. The SMILES string of the molecule is c1ccc(-c2ccc3c(c2)c2ccccc2n3-c2ccc(-c3ccc4c(c3)c3c(-c5ccccc5)nc(-c5ccccc5)nc3n4-c3ccccc3)cc2)cc1. The first-order valence-corrected chi connectivity index (χ1v) is 19.0. The molecule has 0 aliphatic heterocycles. The molecule has 0 atom stereocenters. The van der Waals surface area contributed by atoms with Crippen molar-refractivity contribution in [2.75, 3.05) is 0 Å². The van der Waals surface area contributed by atoms with E-state index in [9.17, 15) is 0 Å². The second kappa shape index (κ2) is 13.1. The maximum Gasteiger partial charge on any atom is 0.162 e. The normalized spacial score (nSPS) is 11.6. The fraction of sp³-hybridized carbons (Fsp3) is 0. The third-order valence-electron chi connectivity index (χ3n) is 10.9. The number of hydrogen-bond acceptors (Lipinski definition) is 2. The van der Waals surface area contributed by atoms with Gasteiger partial charge >= 0.3 is 0 Å². The molecule has 0 unspecified atom stereocenters. The molecule has 0 amide bonds. The molecule has 262 valence electrons. The summed E-state index contributed by atoms with van der Waals surface area (Å²) in [7, 11) is 0. The van der Waals surface area contributed by atoms with E-state index in [1.807, 2.05) is 18.2 Å². The molecule has 4 heteroatoms. The Morgan fingerprint density at radius 1 is 0.304 bits per heavy atom. The minimum atomic E-state index is 0.703. The van der Waals surface area contributed by atoms with Crippen molar-refractivity contribution in [3.8, 4) is 56.3 Å². The fourth-order valence-corrected chi connectivity index (χ4v) is 8.31. The Morgan fingerprint density at radius 2 is 0.786 bits per heavy atom. The molecule has 3 heterocycles. The van der Waals surface area contributed by atoms with Gasteiger partial charge in [0, 0.05) is 38.7 Å². The Labute approximate surface area is 324 Å². The highest BCUT2D eigenvalue weighted by Gasteiger charge is 2.22. The van der Waals surface area contributed by atoms with Crippen LogP contribution in [0.4, 0.5) is 0 Å². The number of nitrogens with zero attached hydrogens (tertiary/aromatic N) is 4. The molecule has 0 N–H and O–H groups in total. The molecule has 56 heavy (non-hydrogen) atoms. The van der Waals surface area contributed by atoms with Crippen LogP contribution in [0.5, 0.6) is 0 Å². The van der Waals surface area contributed by atoms with Crippen LogP contribution in [0.1, 0.15) is 0 Å². The number of rotatable bonds is 6. The van der Waals surface area contributed by atoms with Gasteiger partial charge in [0.25, 0.3) is 0 Å². The van der Waals surface area contributed by atoms with Crippen LogP contribution in [0.2, 0.25) is 0 Å². The zero-order valence-electron chi connectivity index (χ0n) is 30.4. The van der Waals surface area contributed by atoms with Crippen molar-refractivity contribution in [3.05, 3.63) is 206 Å². The van der Waals surface area contributed by atoms with Crippen molar-refractivity contribution < 1.29 is 0 Å². The zero-order valence-corrected chi connectivity index (χ0v) is 30.4. The van der Waals surface area contributed by atoms with Gasteiger partial charge in [-0.15, -0.1) is 0 Å². The summed E-state index contributed by atoms with van der Waals surface area (Å²) in [4.78, 5) is 10.6. The maximum absolute atomic E-state index is 5.31. The largest absolute Gasteiger partial charge is 0.309 e. The summed E-state index contributed by atoms with van der Waals surface area (Å²) in [6.07, 6.45) is 0. The van der Waals surface area contributed by atoms with Gasteiger partial charge in [0.1, 0.15) is 5.65 Å². The van der Waals surface area contributed by atoms with Crippen LogP contribution < -0.4 is 0 Å². The van der Waals surface area contributed by atoms with E-state index in [0.717, 1.165) is 61.3 Å². The summed E-state index contributed by atoms with van der Waals surface area (Å²) in [5.41, 5.74) is 14.2. The number of hydrogen-bond donors (Lipinski definition) is 0. The first kappa shape index (κ1) is 31.9. The van der Waals surface area contributed by atoms with Crippen LogP contribution in [0.15, 0.2) is 206 Å². The Hall–Kier alpha value is -7.56. The van der Waals surface area contributed by atoms with E-state index in [-0.39, 0.29) is 0 Å². The van der Waals surface area contributed by atoms with Gasteiger partial charge in [-0.3, -0.25) is 4.57 Å². The fourth-order valence-electron chi connectivity index (χ4n) is 8.31. The topological polar surface area (TPSA) is 35.6 Å². The molecular weight excluding hydrogens is 681 g/mol. The van der Waals surface area contributed by atoms with Crippen molar-refractivity contribution in [2.24, 2.45) is 0 Å². The van der Waals surface area contributed by atoms with E-state index < -0.39 is 0 Å². The average molecular weight is 715 g/mol. The molecule has 0 saturated carbocycles. The third-order valence-corrected chi connectivity index (χ3v) is 10.9. The van der Waals surface area contributed by atoms with Gasteiger partial charge in [-0.2, -0.15) is 0 Å². The molecule has 8 aromatic carbocycles. The van der Waals surface area contributed by atoms with E-state index in [2.05, 4.69) is 197 Å². The summed E-state index contributed by atoms with van der Waals surface area (Å²) < 4.78 is 4.66. The lowest BCUT2D eigenvalue weighted by Gasteiger charge is -2.10. The molecule has 0 aliphatic rings. The summed E-state index contributed by atoms with van der Waals surface area (Å²) in [5.74, 6) is 0.703. The van der Waals surface area contributed by atoms with Crippen LogP contribution in [0.3, 0.4) is 0 Å². The second-order valence-electron chi connectivity index (χ2n) is 14.2. The highest BCUT2D eigenvalue weighted by atomic mass is 15.1. The van der Waals surface area contributed by atoms with Crippen LogP contribution in [0.25, 0.3) is 100 Å². The van der Waals surface area contributed by atoms with Gasteiger partial charge in [0.05, 0.1) is 27.6 Å². The van der Waals surface area contributed by atoms with Gasteiger partial charge in [0.15, 0.2) is 5.82 Å². The van der Waals surface area contributed by atoms with E-state index in [1.54, 1.807) is 0 Å². The monoisotopic (exact) mass is 714 g/mol. The van der Waals surface area contributed by atoms with Crippen molar-refractivity contribution in [1.29, 1.82) is 0 Å². The predicted molar refractivity (Wildman–Crippen MR) is 232 cm³/mol. The Kier molecular flexibility index (Phi) is 7.46.